The van der Waals surface area contributed by atoms with E-state index in [1.165, 1.54) is 4.57 Å². The normalized spacial score (nSPS) is 10.3. The standard InChI is InChI=1S/C12H21N5O3/c1-3-5-14-8(18)7-15-9-10(13)17(6-4-2)12(20)16-11(9)19/h15H,3-7,13H2,1-2H3,(H,14,18)(H,16,19,20). The van der Waals surface area contributed by atoms with Gasteiger partial charge in [-0.1, -0.05) is 13.8 Å². The predicted octanol–water partition coefficient (Wildman–Crippen LogP) is -0.533. The fourth-order valence-corrected chi connectivity index (χ4v) is 1.70. The average molecular weight is 283 g/mol. The number of carbonyl (C=O) groups is 1. The smallest absolute Gasteiger partial charge is 0.330 e. The number of aromatic nitrogens is 2. The van der Waals surface area contributed by atoms with Crippen molar-refractivity contribution >= 4 is 17.4 Å². The molecule has 0 aliphatic carbocycles. The topological polar surface area (TPSA) is 122 Å². The zero-order chi connectivity index (χ0) is 15.1. The van der Waals surface area contributed by atoms with Crippen LogP contribution in [0.5, 0.6) is 0 Å². The summed E-state index contributed by atoms with van der Waals surface area (Å²) in [5.41, 5.74) is 4.68. The molecule has 1 aromatic rings. The van der Waals surface area contributed by atoms with E-state index >= 15 is 0 Å². The summed E-state index contributed by atoms with van der Waals surface area (Å²) >= 11 is 0. The Morgan fingerprint density at radius 1 is 1.30 bits per heavy atom. The number of aromatic amines is 1. The van der Waals surface area contributed by atoms with Crippen LogP contribution >= 0.6 is 0 Å². The third kappa shape index (κ3) is 3.87. The number of H-pyrrole nitrogens is 1. The molecule has 0 fully saturated rings. The first-order valence-corrected chi connectivity index (χ1v) is 6.64. The van der Waals surface area contributed by atoms with Crippen molar-refractivity contribution in [2.24, 2.45) is 0 Å². The first kappa shape index (κ1) is 15.8. The number of carbonyl (C=O) groups excluding carboxylic acids is 1. The molecule has 0 aromatic carbocycles. The maximum atomic E-state index is 11.7. The third-order valence-corrected chi connectivity index (χ3v) is 2.68. The summed E-state index contributed by atoms with van der Waals surface area (Å²) in [6.45, 7) is 4.73. The van der Waals surface area contributed by atoms with Gasteiger partial charge in [-0.2, -0.15) is 0 Å². The van der Waals surface area contributed by atoms with Crippen molar-refractivity contribution in [2.45, 2.75) is 33.2 Å². The summed E-state index contributed by atoms with van der Waals surface area (Å²) in [6, 6.07) is 0. The molecule has 8 heteroatoms. The molecule has 5 N–H and O–H groups in total. The highest BCUT2D eigenvalue weighted by atomic mass is 16.2. The monoisotopic (exact) mass is 283 g/mol. The molecule has 1 heterocycles. The molecular formula is C12H21N5O3. The van der Waals surface area contributed by atoms with E-state index in [0.29, 0.717) is 19.5 Å². The number of nitrogens with zero attached hydrogens (tertiary/aromatic N) is 1. The van der Waals surface area contributed by atoms with Crippen LogP contribution in [0.4, 0.5) is 11.5 Å². The second kappa shape index (κ2) is 7.37. The van der Waals surface area contributed by atoms with Gasteiger partial charge in [-0.15, -0.1) is 0 Å². The van der Waals surface area contributed by atoms with Crippen LogP contribution in [0.2, 0.25) is 0 Å². The molecule has 20 heavy (non-hydrogen) atoms. The lowest BCUT2D eigenvalue weighted by atomic mass is 10.4. The van der Waals surface area contributed by atoms with Crippen molar-refractivity contribution in [2.75, 3.05) is 24.1 Å². The second-order valence-corrected chi connectivity index (χ2v) is 4.37. The van der Waals surface area contributed by atoms with Gasteiger partial charge in [-0.3, -0.25) is 19.1 Å². The quantitative estimate of drug-likeness (QED) is 0.535. The van der Waals surface area contributed by atoms with Crippen molar-refractivity contribution in [3.63, 3.8) is 0 Å². The molecule has 0 spiro atoms. The lowest BCUT2D eigenvalue weighted by molar-refractivity contribution is -0.119. The molecule has 0 saturated heterocycles. The molecule has 0 radical (unpaired) electrons. The minimum Gasteiger partial charge on any atom is -0.383 e. The fourth-order valence-electron chi connectivity index (χ4n) is 1.70. The first-order chi connectivity index (χ1) is 9.51. The molecule has 0 atom stereocenters. The number of amides is 1. The molecule has 0 unspecified atom stereocenters. The van der Waals surface area contributed by atoms with Crippen LogP contribution in [0.25, 0.3) is 0 Å². The Labute approximate surface area is 116 Å². The summed E-state index contributed by atoms with van der Waals surface area (Å²) < 4.78 is 1.27. The first-order valence-electron chi connectivity index (χ1n) is 6.64. The molecule has 0 saturated carbocycles. The van der Waals surface area contributed by atoms with Gasteiger partial charge in [0.05, 0.1) is 6.54 Å². The summed E-state index contributed by atoms with van der Waals surface area (Å²) in [7, 11) is 0. The summed E-state index contributed by atoms with van der Waals surface area (Å²) in [5.74, 6) is -0.192. The van der Waals surface area contributed by atoms with E-state index in [0.717, 1.165) is 6.42 Å². The van der Waals surface area contributed by atoms with Crippen LogP contribution in [0.1, 0.15) is 26.7 Å². The Balaban J connectivity index is 2.90. The number of nitrogens with one attached hydrogen (secondary N) is 3. The number of nitrogen functional groups attached to an aromatic ring is 1. The van der Waals surface area contributed by atoms with Gasteiger partial charge in [-0.05, 0) is 12.8 Å². The number of rotatable bonds is 7. The Hall–Kier alpha value is -2.25. The van der Waals surface area contributed by atoms with Gasteiger partial charge in [0.2, 0.25) is 5.91 Å². The highest BCUT2D eigenvalue weighted by Crippen LogP contribution is 2.09. The van der Waals surface area contributed by atoms with Crippen molar-refractivity contribution in [1.29, 1.82) is 0 Å². The van der Waals surface area contributed by atoms with Gasteiger partial charge < -0.3 is 16.4 Å². The van der Waals surface area contributed by atoms with Crippen molar-refractivity contribution < 1.29 is 4.79 Å². The highest BCUT2D eigenvalue weighted by molar-refractivity contribution is 5.81. The Kier molecular flexibility index (Phi) is 5.82. The van der Waals surface area contributed by atoms with Gasteiger partial charge in [-0.25, -0.2) is 4.79 Å². The van der Waals surface area contributed by atoms with Crippen LogP contribution < -0.4 is 27.6 Å². The molecule has 0 aliphatic heterocycles. The third-order valence-electron chi connectivity index (χ3n) is 2.68. The van der Waals surface area contributed by atoms with Crippen molar-refractivity contribution in [3.05, 3.63) is 20.8 Å². The number of hydrogen-bond donors (Lipinski definition) is 4. The molecule has 0 bridgehead atoms. The summed E-state index contributed by atoms with van der Waals surface area (Å²) in [4.78, 5) is 37.0. The molecule has 1 rings (SSSR count). The van der Waals surface area contributed by atoms with E-state index in [2.05, 4.69) is 15.6 Å². The van der Waals surface area contributed by atoms with Gasteiger partial charge in [0, 0.05) is 13.1 Å². The highest BCUT2D eigenvalue weighted by Gasteiger charge is 2.12. The SMILES string of the molecule is CCCNC(=O)CNc1c(N)n(CCC)c(=O)[nH]c1=O. The fraction of sp³-hybridized carbons (Fsp3) is 0.583. The molecular weight excluding hydrogens is 262 g/mol. The Bertz CT molecular complexity index is 575. The number of hydrogen-bond acceptors (Lipinski definition) is 5. The van der Waals surface area contributed by atoms with Crippen LogP contribution in [0, 0.1) is 0 Å². The minimum atomic E-state index is -0.622. The van der Waals surface area contributed by atoms with Gasteiger partial charge in [0.15, 0.2) is 0 Å². The number of nitrogens with two attached hydrogens (primary N) is 1. The largest absolute Gasteiger partial charge is 0.383 e. The maximum Gasteiger partial charge on any atom is 0.330 e. The molecule has 0 aliphatic rings. The van der Waals surface area contributed by atoms with E-state index < -0.39 is 11.2 Å². The molecule has 1 aromatic heterocycles. The zero-order valence-corrected chi connectivity index (χ0v) is 11.8. The Morgan fingerprint density at radius 3 is 2.60 bits per heavy atom. The van der Waals surface area contributed by atoms with E-state index in [1.807, 2.05) is 13.8 Å². The maximum absolute atomic E-state index is 11.7. The van der Waals surface area contributed by atoms with Crippen LogP contribution in [0.3, 0.4) is 0 Å². The van der Waals surface area contributed by atoms with Gasteiger partial charge in [0.1, 0.15) is 11.5 Å². The van der Waals surface area contributed by atoms with E-state index in [-0.39, 0.29) is 24.0 Å². The van der Waals surface area contributed by atoms with Crippen molar-refractivity contribution in [3.8, 4) is 0 Å². The van der Waals surface area contributed by atoms with Crippen LogP contribution in [-0.2, 0) is 11.3 Å². The molecule has 8 nitrogen and oxygen atoms in total. The minimum absolute atomic E-state index is 0.0453. The Morgan fingerprint density at radius 2 is 2.00 bits per heavy atom. The number of anilines is 2. The van der Waals surface area contributed by atoms with E-state index in [4.69, 9.17) is 5.73 Å². The van der Waals surface area contributed by atoms with Gasteiger partial charge in [0.25, 0.3) is 5.56 Å². The van der Waals surface area contributed by atoms with Crippen LogP contribution in [0.15, 0.2) is 9.59 Å². The van der Waals surface area contributed by atoms with Crippen molar-refractivity contribution in [1.82, 2.24) is 14.9 Å². The average Bonchev–Trinajstić information content (AvgIpc) is 2.40. The molecule has 112 valence electrons. The second-order valence-electron chi connectivity index (χ2n) is 4.37. The lowest BCUT2D eigenvalue weighted by Gasteiger charge is -2.13. The van der Waals surface area contributed by atoms with Gasteiger partial charge >= 0.3 is 5.69 Å². The summed E-state index contributed by atoms with van der Waals surface area (Å²) in [6.07, 6.45) is 1.53. The molecule has 1 amide bonds. The zero-order valence-electron chi connectivity index (χ0n) is 11.8. The predicted molar refractivity (Wildman–Crippen MR) is 77.8 cm³/mol. The van der Waals surface area contributed by atoms with E-state index in [9.17, 15) is 14.4 Å². The van der Waals surface area contributed by atoms with Crippen LogP contribution in [-0.4, -0.2) is 28.5 Å². The summed E-state index contributed by atoms with van der Waals surface area (Å²) in [5, 5.41) is 5.35. The van der Waals surface area contributed by atoms with E-state index in [1.54, 1.807) is 0 Å². The lowest BCUT2D eigenvalue weighted by Crippen LogP contribution is -2.36.